The average Bonchev–Trinajstić information content (AvgIpc) is 2.70. The van der Waals surface area contributed by atoms with Crippen molar-refractivity contribution in [3.8, 4) is 11.5 Å². The Hall–Kier alpha value is -3.54. The van der Waals surface area contributed by atoms with Crippen molar-refractivity contribution >= 4 is 23.0 Å². The molecule has 1 heterocycles. The summed E-state index contributed by atoms with van der Waals surface area (Å²) >= 11 is 0. The number of nitrogens with zero attached hydrogens (tertiary/aromatic N) is 1. The lowest BCUT2D eigenvalue weighted by Crippen LogP contribution is -2.15. The Morgan fingerprint density at radius 2 is 1.61 bits per heavy atom. The number of anilines is 3. The van der Waals surface area contributed by atoms with Crippen molar-refractivity contribution in [2.24, 2.45) is 0 Å². The van der Waals surface area contributed by atoms with Crippen LogP contribution in [0.3, 0.4) is 0 Å². The number of hydrogen-bond donors (Lipinski definition) is 2. The average molecular weight is 377 g/mol. The molecule has 6 nitrogen and oxygen atoms in total. The first-order valence-corrected chi connectivity index (χ1v) is 9.00. The minimum Gasteiger partial charge on any atom is -0.495 e. The molecule has 6 heteroatoms. The third-order valence-electron chi connectivity index (χ3n) is 3.88. The van der Waals surface area contributed by atoms with Gasteiger partial charge < -0.3 is 20.1 Å². The quantitative estimate of drug-likeness (QED) is 0.614. The third kappa shape index (κ3) is 4.79. The molecule has 3 rings (SSSR count). The number of carbonyl (C=O) groups is 1. The van der Waals surface area contributed by atoms with Crippen molar-refractivity contribution in [2.75, 3.05) is 17.7 Å². The van der Waals surface area contributed by atoms with E-state index in [1.165, 1.54) is 0 Å². The largest absolute Gasteiger partial charge is 0.495 e. The van der Waals surface area contributed by atoms with Crippen molar-refractivity contribution in [3.63, 3.8) is 0 Å². The van der Waals surface area contributed by atoms with Crippen LogP contribution in [-0.4, -0.2) is 24.1 Å². The van der Waals surface area contributed by atoms with Gasteiger partial charge in [-0.05, 0) is 50.2 Å². The molecule has 0 bridgehead atoms. The Bertz CT molecular complexity index is 940. The van der Waals surface area contributed by atoms with E-state index in [0.29, 0.717) is 17.1 Å². The maximum absolute atomic E-state index is 12.6. The van der Waals surface area contributed by atoms with E-state index < -0.39 is 0 Å². The van der Waals surface area contributed by atoms with Crippen LogP contribution in [0, 0.1) is 0 Å². The zero-order valence-electron chi connectivity index (χ0n) is 16.1. The van der Waals surface area contributed by atoms with Gasteiger partial charge in [-0.3, -0.25) is 4.79 Å². The molecule has 0 atom stereocenters. The number of carbonyl (C=O) groups excluding carboxylic acids is 1. The Balaban J connectivity index is 1.71. The fraction of sp³-hybridized carbons (Fsp3) is 0.182. The van der Waals surface area contributed by atoms with Crippen LogP contribution < -0.4 is 20.1 Å². The van der Waals surface area contributed by atoms with Gasteiger partial charge in [0.2, 0.25) is 0 Å². The second-order valence-corrected chi connectivity index (χ2v) is 6.37. The highest BCUT2D eigenvalue weighted by atomic mass is 16.5. The highest BCUT2D eigenvalue weighted by Gasteiger charge is 2.12. The van der Waals surface area contributed by atoms with E-state index in [4.69, 9.17) is 9.47 Å². The Morgan fingerprint density at radius 3 is 2.25 bits per heavy atom. The molecule has 0 saturated carbocycles. The van der Waals surface area contributed by atoms with E-state index in [0.717, 1.165) is 17.1 Å². The van der Waals surface area contributed by atoms with Gasteiger partial charge in [-0.2, -0.15) is 0 Å². The number of pyridine rings is 1. The zero-order valence-corrected chi connectivity index (χ0v) is 16.1. The molecule has 0 spiro atoms. The highest BCUT2D eigenvalue weighted by Crippen LogP contribution is 2.27. The number of rotatable bonds is 7. The van der Waals surface area contributed by atoms with E-state index >= 15 is 0 Å². The molecule has 0 aliphatic rings. The number of nitrogens with one attached hydrogen (secondary N) is 2. The molecule has 0 saturated heterocycles. The van der Waals surface area contributed by atoms with Crippen molar-refractivity contribution in [3.05, 3.63) is 72.6 Å². The SMILES string of the molecule is COc1ccccc1Nc1ccc(C(=O)Nc2ccccc2OC(C)C)nc1. The molecule has 1 aromatic heterocycles. The maximum atomic E-state index is 12.6. The zero-order chi connectivity index (χ0) is 19.9. The predicted molar refractivity (Wildman–Crippen MR) is 111 cm³/mol. The summed E-state index contributed by atoms with van der Waals surface area (Å²) < 4.78 is 11.1. The van der Waals surface area contributed by atoms with E-state index in [-0.39, 0.29) is 12.0 Å². The van der Waals surface area contributed by atoms with Crippen LogP contribution in [-0.2, 0) is 0 Å². The topological polar surface area (TPSA) is 72.5 Å². The monoisotopic (exact) mass is 377 g/mol. The molecular weight excluding hydrogens is 354 g/mol. The van der Waals surface area contributed by atoms with Gasteiger partial charge in [0, 0.05) is 0 Å². The summed E-state index contributed by atoms with van der Waals surface area (Å²) in [6, 6.07) is 18.4. The molecule has 144 valence electrons. The Morgan fingerprint density at radius 1 is 0.929 bits per heavy atom. The number of hydrogen-bond acceptors (Lipinski definition) is 5. The number of aromatic nitrogens is 1. The molecule has 0 aliphatic carbocycles. The van der Waals surface area contributed by atoms with E-state index in [2.05, 4.69) is 15.6 Å². The smallest absolute Gasteiger partial charge is 0.274 e. The molecule has 3 aromatic rings. The van der Waals surface area contributed by atoms with E-state index in [9.17, 15) is 4.79 Å². The lowest BCUT2D eigenvalue weighted by Gasteiger charge is -2.14. The van der Waals surface area contributed by atoms with Gasteiger partial charge in [-0.25, -0.2) is 4.98 Å². The minimum atomic E-state index is -0.302. The number of benzene rings is 2. The lowest BCUT2D eigenvalue weighted by molar-refractivity contribution is 0.102. The molecular formula is C22H23N3O3. The second kappa shape index (κ2) is 8.90. The number of para-hydroxylation sites is 4. The summed E-state index contributed by atoms with van der Waals surface area (Å²) in [4.78, 5) is 16.8. The van der Waals surface area contributed by atoms with Gasteiger partial charge in [0.15, 0.2) is 0 Å². The Kier molecular flexibility index (Phi) is 6.11. The summed E-state index contributed by atoms with van der Waals surface area (Å²) in [5, 5.41) is 6.08. The molecule has 1 amide bonds. The summed E-state index contributed by atoms with van der Waals surface area (Å²) in [7, 11) is 1.62. The molecule has 0 fully saturated rings. The fourth-order valence-corrected chi connectivity index (χ4v) is 2.62. The summed E-state index contributed by atoms with van der Waals surface area (Å²) in [5.41, 5.74) is 2.50. The molecule has 0 radical (unpaired) electrons. The van der Waals surface area contributed by atoms with Gasteiger partial charge in [0.25, 0.3) is 5.91 Å². The molecule has 2 N–H and O–H groups in total. The molecule has 28 heavy (non-hydrogen) atoms. The second-order valence-electron chi connectivity index (χ2n) is 6.37. The highest BCUT2D eigenvalue weighted by molar-refractivity contribution is 6.03. The van der Waals surface area contributed by atoms with Crippen LogP contribution in [0.5, 0.6) is 11.5 Å². The molecule has 0 aliphatic heterocycles. The number of methoxy groups -OCH3 is 1. The van der Waals surface area contributed by atoms with Crippen LogP contribution in [0.15, 0.2) is 66.9 Å². The summed E-state index contributed by atoms with van der Waals surface area (Å²) in [6.45, 7) is 3.88. The van der Waals surface area contributed by atoms with Crippen molar-refractivity contribution in [2.45, 2.75) is 20.0 Å². The van der Waals surface area contributed by atoms with Gasteiger partial charge in [-0.15, -0.1) is 0 Å². The summed E-state index contributed by atoms with van der Waals surface area (Å²) in [5.74, 6) is 1.05. The number of ether oxygens (including phenoxy) is 2. The normalized spacial score (nSPS) is 10.4. The van der Waals surface area contributed by atoms with Gasteiger partial charge in [-0.1, -0.05) is 24.3 Å². The van der Waals surface area contributed by atoms with Crippen LogP contribution in [0.4, 0.5) is 17.1 Å². The first kappa shape index (κ1) is 19.2. The van der Waals surface area contributed by atoms with Crippen LogP contribution in [0.2, 0.25) is 0 Å². The van der Waals surface area contributed by atoms with Gasteiger partial charge in [0.1, 0.15) is 17.2 Å². The lowest BCUT2D eigenvalue weighted by atomic mass is 10.2. The maximum Gasteiger partial charge on any atom is 0.274 e. The van der Waals surface area contributed by atoms with Gasteiger partial charge >= 0.3 is 0 Å². The molecule has 0 unspecified atom stereocenters. The predicted octanol–water partition coefficient (Wildman–Crippen LogP) is 4.87. The van der Waals surface area contributed by atoms with Crippen LogP contribution >= 0.6 is 0 Å². The molecule has 2 aromatic carbocycles. The fourth-order valence-electron chi connectivity index (χ4n) is 2.62. The number of amides is 1. The first-order valence-electron chi connectivity index (χ1n) is 9.00. The van der Waals surface area contributed by atoms with Crippen LogP contribution in [0.25, 0.3) is 0 Å². The van der Waals surface area contributed by atoms with Gasteiger partial charge in [0.05, 0.1) is 36.5 Å². The first-order chi connectivity index (χ1) is 13.6. The third-order valence-corrected chi connectivity index (χ3v) is 3.88. The summed E-state index contributed by atoms with van der Waals surface area (Å²) in [6.07, 6.45) is 1.62. The van der Waals surface area contributed by atoms with Crippen molar-refractivity contribution in [1.82, 2.24) is 4.98 Å². The Labute approximate surface area is 164 Å². The van der Waals surface area contributed by atoms with Crippen molar-refractivity contribution in [1.29, 1.82) is 0 Å². The minimum absolute atomic E-state index is 0.0107. The van der Waals surface area contributed by atoms with Crippen molar-refractivity contribution < 1.29 is 14.3 Å². The standard InChI is InChI=1S/C22H23N3O3/c1-15(2)28-21-11-7-5-9-18(21)25-22(26)19-13-12-16(14-23-19)24-17-8-4-6-10-20(17)27-3/h4-15,24H,1-3H3,(H,25,26). The van der Waals surface area contributed by atoms with Crippen LogP contribution in [0.1, 0.15) is 24.3 Å². The van der Waals surface area contributed by atoms with E-state index in [1.54, 1.807) is 31.5 Å². The van der Waals surface area contributed by atoms with E-state index in [1.807, 2.05) is 56.3 Å².